The van der Waals surface area contributed by atoms with Gasteiger partial charge in [0.2, 0.25) is 17.7 Å². The maximum atomic E-state index is 13.2. The number of imidazole rings is 1. The van der Waals surface area contributed by atoms with Gasteiger partial charge in [-0.05, 0) is 56.6 Å². The standard InChI is InChI=1S/C23H41N7O5S/c1-14(2)10-18(29-20(31)16(25)7-9-36-3)22(33)28-17(6-4-5-8-24)21(32)30-19(23(34)35)11-15-12-26-13-27-15/h12-14,16-19H,4-11,24-25H2,1-3H3,(H,26,27)(H,28,33)(H,29,31)(H,30,32)(H,34,35). The number of nitrogens with two attached hydrogens (primary N) is 2. The molecule has 0 fully saturated rings. The highest BCUT2D eigenvalue weighted by atomic mass is 32.2. The summed E-state index contributed by atoms with van der Waals surface area (Å²) in [5, 5.41) is 17.5. The van der Waals surface area contributed by atoms with Crippen LogP contribution in [-0.2, 0) is 25.6 Å². The Morgan fingerprint density at radius 1 is 1.03 bits per heavy atom. The number of aromatic amines is 1. The maximum absolute atomic E-state index is 13.2. The fourth-order valence-corrected chi connectivity index (χ4v) is 3.97. The Morgan fingerprint density at radius 2 is 1.67 bits per heavy atom. The van der Waals surface area contributed by atoms with Crippen LogP contribution in [0.25, 0.3) is 0 Å². The van der Waals surface area contributed by atoms with Crippen LogP contribution in [-0.4, -0.2) is 81.5 Å². The van der Waals surface area contributed by atoms with Gasteiger partial charge in [-0.15, -0.1) is 0 Å². The van der Waals surface area contributed by atoms with Crippen molar-refractivity contribution in [3.05, 3.63) is 18.2 Å². The molecule has 0 aliphatic rings. The van der Waals surface area contributed by atoms with E-state index in [0.717, 1.165) is 0 Å². The first-order valence-electron chi connectivity index (χ1n) is 12.1. The molecule has 1 aromatic rings. The van der Waals surface area contributed by atoms with E-state index in [1.54, 1.807) is 11.8 Å². The number of nitrogens with one attached hydrogen (secondary N) is 4. The summed E-state index contributed by atoms with van der Waals surface area (Å²) in [7, 11) is 0. The van der Waals surface area contributed by atoms with Crippen LogP contribution in [0.2, 0.25) is 0 Å². The van der Waals surface area contributed by atoms with Gasteiger partial charge in [-0.25, -0.2) is 9.78 Å². The lowest BCUT2D eigenvalue weighted by molar-refractivity contribution is -0.142. The number of hydrogen-bond donors (Lipinski definition) is 7. The summed E-state index contributed by atoms with van der Waals surface area (Å²) in [6.45, 7) is 4.25. The molecule has 4 atom stereocenters. The van der Waals surface area contributed by atoms with Crippen molar-refractivity contribution in [3.63, 3.8) is 0 Å². The lowest BCUT2D eigenvalue weighted by atomic mass is 10.0. The number of carbonyl (C=O) groups excluding carboxylic acids is 3. The van der Waals surface area contributed by atoms with E-state index in [1.165, 1.54) is 12.5 Å². The van der Waals surface area contributed by atoms with Crippen LogP contribution in [0.15, 0.2) is 12.5 Å². The zero-order valence-electron chi connectivity index (χ0n) is 21.3. The van der Waals surface area contributed by atoms with Crippen molar-refractivity contribution in [1.29, 1.82) is 0 Å². The molecule has 0 spiro atoms. The molecule has 0 aromatic carbocycles. The molecular formula is C23H41N7O5S. The van der Waals surface area contributed by atoms with Crippen molar-refractivity contribution in [2.75, 3.05) is 18.6 Å². The van der Waals surface area contributed by atoms with E-state index in [4.69, 9.17) is 11.5 Å². The summed E-state index contributed by atoms with van der Waals surface area (Å²) in [6, 6.07) is -3.85. The molecule has 36 heavy (non-hydrogen) atoms. The molecule has 0 aliphatic carbocycles. The number of rotatable bonds is 18. The number of H-pyrrole nitrogens is 1. The number of nitrogens with zero attached hydrogens (tertiary/aromatic N) is 1. The highest BCUT2D eigenvalue weighted by Crippen LogP contribution is 2.09. The summed E-state index contributed by atoms with van der Waals surface area (Å²) in [6.07, 6.45) is 7.08. The van der Waals surface area contributed by atoms with E-state index >= 15 is 0 Å². The van der Waals surface area contributed by atoms with Crippen molar-refractivity contribution in [1.82, 2.24) is 25.9 Å². The zero-order valence-corrected chi connectivity index (χ0v) is 22.1. The van der Waals surface area contributed by atoms with Crippen molar-refractivity contribution in [2.45, 2.75) is 76.5 Å². The first-order valence-corrected chi connectivity index (χ1v) is 13.5. The van der Waals surface area contributed by atoms with Crippen molar-refractivity contribution in [2.24, 2.45) is 17.4 Å². The minimum Gasteiger partial charge on any atom is -0.480 e. The smallest absolute Gasteiger partial charge is 0.326 e. The molecule has 0 saturated heterocycles. The zero-order chi connectivity index (χ0) is 27.1. The Kier molecular flexibility index (Phi) is 14.8. The van der Waals surface area contributed by atoms with Gasteiger partial charge >= 0.3 is 5.97 Å². The third-order valence-electron chi connectivity index (χ3n) is 5.48. The fourth-order valence-electron chi connectivity index (χ4n) is 3.48. The van der Waals surface area contributed by atoms with Crippen LogP contribution in [0.1, 0.15) is 51.6 Å². The number of hydrogen-bond acceptors (Lipinski definition) is 8. The Balaban J connectivity index is 2.96. The average Bonchev–Trinajstić information content (AvgIpc) is 3.33. The third-order valence-corrected chi connectivity index (χ3v) is 6.13. The highest BCUT2D eigenvalue weighted by Gasteiger charge is 2.30. The lowest BCUT2D eigenvalue weighted by Crippen LogP contribution is -2.57. The Morgan fingerprint density at radius 3 is 2.22 bits per heavy atom. The predicted octanol–water partition coefficient (Wildman–Crippen LogP) is -0.253. The summed E-state index contributed by atoms with van der Waals surface area (Å²) in [5.74, 6) is -2.00. The number of aliphatic carboxylic acids is 1. The minimum atomic E-state index is -1.22. The van der Waals surface area contributed by atoms with E-state index in [9.17, 15) is 24.3 Å². The van der Waals surface area contributed by atoms with Gasteiger partial charge in [0.15, 0.2) is 0 Å². The minimum absolute atomic E-state index is 0.00447. The van der Waals surface area contributed by atoms with Crippen LogP contribution in [0.5, 0.6) is 0 Å². The van der Waals surface area contributed by atoms with Gasteiger partial charge in [0, 0.05) is 18.3 Å². The van der Waals surface area contributed by atoms with E-state index in [2.05, 4.69) is 25.9 Å². The number of carbonyl (C=O) groups is 4. The molecule has 1 rings (SSSR count). The molecular weight excluding hydrogens is 486 g/mol. The molecule has 0 bridgehead atoms. The number of amides is 3. The molecule has 3 amide bonds. The fraction of sp³-hybridized carbons (Fsp3) is 0.696. The first kappa shape index (κ1) is 31.4. The molecule has 9 N–H and O–H groups in total. The average molecular weight is 528 g/mol. The van der Waals surface area contributed by atoms with Gasteiger partial charge in [0.05, 0.1) is 12.4 Å². The van der Waals surface area contributed by atoms with Crippen LogP contribution in [0, 0.1) is 5.92 Å². The van der Waals surface area contributed by atoms with E-state index in [-0.39, 0.29) is 18.8 Å². The molecule has 204 valence electrons. The summed E-state index contributed by atoms with van der Waals surface area (Å²) in [4.78, 5) is 57.2. The van der Waals surface area contributed by atoms with E-state index < -0.39 is 47.9 Å². The highest BCUT2D eigenvalue weighted by molar-refractivity contribution is 7.98. The second-order valence-corrected chi connectivity index (χ2v) is 10.1. The largest absolute Gasteiger partial charge is 0.480 e. The molecule has 0 saturated carbocycles. The SMILES string of the molecule is CSCCC(N)C(=O)NC(CC(C)C)C(=O)NC(CCCCN)C(=O)NC(Cc1cnc[nH]1)C(=O)O. The first-order chi connectivity index (χ1) is 17.1. The van der Waals surface area contributed by atoms with Gasteiger partial charge in [-0.3, -0.25) is 14.4 Å². The Labute approximate surface area is 216 Å². The van der Waals surface area contributed by atoms with Gasteiger partial charge in [-0.1, -0.05) is 13.8 Å². The molecule has 1 heterocycles. The number of aromatic nitrogens is 2. The number of thioether (sulfide) groups is 1. The topological polar surface area (TPSA) is 205 Å². The molecule has 0 aliphatic heterocycles. The number of carboxylic acid groups (broad SMARTS) is 1. The molecule has 1 aromatic heterocycles. The van der Waals surface area contributed by atoms with E-state index in [1.807, 2.05) is 20.1 Å². The lowest BCUT2D eigenvalue weighted by Gasteiger charge is -2.26. The second kappa shape index (κ2) is 16.9. The number of unbranched alkanes of at least 4 members (excludes halogenated alkanes) is 1. The molecule has 12 nitrogen and oxygen atoms in total. The Hall–Kier alpha value is -2.64. The maximum Gasteiger partial charge on any atom is 0.326 e. The Bertz CT molecular complexity index is 822. The van der Waals surface area contributed by atoms with Crippen LogP contribution >= 0.6 is 11.8 Å². The van der Waals surface area contributed by atoms with Gasteiger partial charge in [0.25, 0.3) is 0 Å². The van der Waals surface area contributed by atoms with Crippen molar-refractivity contribution < 1.29 is 24.3 Å². The monoisotopic (exact) mass is 527 g/mol. The van der Waals surface area contributed by atoms with Gasteiger partial charge in [-0.2, -0.15) is 11.8 Å². The summed E-state index contributed by atoms with van der Waals surface area (Å²) >= 11 is 1.57. The van der Waals surface area contributed by atoms with E-state index in [0.29, 0.717) is 43.7 Å². The van der Waals surface area contributed by atoms with Crippen molar-refractivity contribution in [3.8, 4) is 0 Å². The number of carboxylic acids is 1. The predicted molar refractivity (Wildman–Crippen MR) is 139 cm³/mol. The molecule has 13 heteroatoms. The summed E-state index contributed by atoms with van der Waals surface area (Å²) in [5.41, 5.74) is 12.1. The van der Waals surface area contributed by atoms with Crippen LogP contribution < -0.4 is 27.4 Å². The van der Waals surface area contributed by atoms with Gasteiger partial charge in [0.1, 0.15) is 18.1 Å². The van der Waals surface area contributed by atoms with Crippen LogP contribution in [0.4, 0.5) is 0 Å². The summed E-state index contributed by atoms with van der Waals surface area (Å²) < 4.78 is 0. The molecule has 4 unspecified atom stereocenters. The molecule has 0 radical (unpaired) electrons. The normalized spacial score (nSPS) is 14.5. The second-order valence-electron chi connectivity index (χ2n) is 9.10. The van der Waals surface area contributed by atoms with Gasteiger partial charge < -0.3 is 37.5 Å². The van der Waals surface area contributed by atoms with Crippen LogP contribution in [0.3, 0.4) is 0 Å². The quantitative estimate of drug-likeness (QED) is 0.125. The van der Waals surface area contributed by atoms with Crippen molar-refractivity contribution >= 4 is 35.5 Å². The third kappa shape index (κ3) is 11.9.